The summed E-state index contributed by atoms with van der Waals surface area (Å²) in [4.78, 5) is 12.1. The van der Waals surface area contributed by atoms with E-state index in [2.05, 4.69) is 15.5 Å². The van der Waals surface area contributed by atoms with Crippen LogP contribution < -0.4 is 4.74 Å². The van der Waals surface area contributed by atoms with Gasteiger partial charge in [0.25, 0.3) is 0 Å². The third kappa shape index (κ3) is 5.35. The van der Waals surface area contributed by atoms with Crippen LogP contribution in [0, 0.1) is 0 Å². The van der Waals surface area contributed by atoms with Gasteiger partial charge in [-0.1, -0.05) is 30.3 Å². The number of carbonyl (C=O) groups is 1. The van der Waals surface area contributed by atoms with Crippen LogP contribution in [0.3, 0.4) is 0 Å². The zero-order chi connectivity index (χ0) is 19.1. The van der Waals surface area contributed by atoms with E-state index in [1.54, 1.807) is 31.3 Å². The third-order valence-electron chi connectivity index (χ3n) is 3.87. The highest BCUT2D eigenvalue weighted by atomic mass is 16.5. The topological polar surface area (TPSA) is 99.4 Å². The highest BCUT2D eigenvalue weighted by molar-refractivity contribution is 5.89. The fraction of sp³-hybridized carbons (Fsp3) is 0.263. The van der Waals surface area contributed by atoms with Crippen LogP contribution in [0.25, 0.3) is 0 Å². The SMILES string of the molecule is Cn1nnnc1C[C@@H](O)COc1ccc(C(=O)OCc2ccccc2)cc1. The molecule has 1 aromatic heterocycles. The molecule has 27 heavy (non-hydrogen) atoms. The number of tetrazole rings is 1. The van der Waals surface area contributed by atoms with Crippen LogP contribution in [-0.2, 0) is 24.8 Å². The van der Waals surface area contributed by atoms with Crippen molar-refractivity contribution in [3.8, 4) is 5.75 Å². The van der Waals surface area contributed by atoms with Gasteiger partial charge in [-0.15, -0.1) is 5.10 Å². The Hall–Kier alpha value is -3.26. The molecule has 0 aliphatic carbocycles. The first-order valence-electron chi connectivity index (χ1n) is 8.45. The molecule has 0 saturated heterocycles. The molecular formula is C19H20N4O4. The van der Waals surface area contributed by atoms with Gasteiger partial charge in [-0.3, -0.25) is 0 Å². The number of aryl methyl sites for hydroxylation is 1. The van der Waals surface area contributed by atoms with Gasteiger partial charge < -0.3 is 14.6 Å². The molecule has 8 nitrogen and oxygen atoms in total. The van der Waals surface area contributed by atoms with Gasteiger partial charge in [0, 0.05) is 13.5 Å². The molecule has 0 saturated carbocycles. The zero-order valence-electron chi connectivity index (χ0n) is 14.9. The van der Waals surface area contributed by atoms with Crippen molar-refractivity contribution in [3.05, 3.63) is 71.5 Å². The van der Waals surface area contributed by atoms with E-state index in [-0.39, 0.29) is 19.6 Å². The summed E-state index contributed by atoms with van der Waals surface area (Å²) >= 11 is 0. The first-order chi connectivity index (χ1) is 13.1. The summed E-state index contributed by atoms with van der Waals surface area (Å²) < 4.78 is 12.3. The molecule has 0 aliphatic heterocycles. The van der Waals surface area contributed by atoms with E-state index >= 15 is 0 Å². The maximum atomic E-state index is 12.1. The van der Waals surface area contributed by atoms with Crippen molar-refractivity contribution < 1.29 is 19.4 Å². The molecule has 2 aromatic carbocycles. The third-order valence-corrected chi connectivity index (χ3v) is 3.87. The Morgan fingerprint density at radius 3 is 2.56 bits per heavy atom. The molecule has 1 N–H and O–H groups in total. The van der Waals surface area contributed by atoms with E-state index in [4.69, 9.17) is 9.47 Å². The lowest BCUT2D eigenvalue weighted by atomic mass is 10.2. The lowest BCUT2D eigenvalue weighted by molar-refractivity contribution is 0.0472. The van der Waals surface area contributed by atoms with Crippen molar-refractivity contribution in [2.24, 2.45) is 7.05 Å². The largest absolute Gasteiger partial charge is 0.491 e. The Balaban J connectivity index is 1.46. The summed E-state index contributed by atoms with van der Waals surface area (Å²) in [5.74, 6) is 0.715. The van der Waals surface area contributed by atoms with Crippen LogP contribution in [0.5, 0.6) is 5.75 Å². The van der Waals surface area contributed by atoms with Gasteiger partial charge in [0.05, 0.1) is 11.7 Å². The fourth-order valence-corrected chi connectivity index (χ4v) is 2.38. The number of aromatic nitrogens is 4. The summed E-state index contributed by atoms with van der Waals surface area (Å²) in [7, 11) is 1.71. The fourth-order valence-electron chi connectivity index (χ4n) is 2.38. The Labute approximate surface area is 156 Å². The number of ether oxygens (including phenoxy) is 2. The average molecular weight is 368 g/mol. The minimum Gasteiger partial charge on any atom is -0.491 e. The Kier molecular flexibility index (Phi) is 6.11. The van der Waals surface area contributed by atoms with Crippen LogP contribution in [0.2, 0.25) is 0 Å². The lowest BCUT2D eigenvalue weighted by Gasteiger charge is -2.12. The number of hydrogen-bond acceptors (Lipinski definition) is 7. The van der Waals surface area contributed by atoms with Crippen molar-refractivity contribution in [2.45, 2.75) is 19.1 Å². The van der Waals surface area contributed by atoms with Gasteiger partial charge >= 0.3 is 5.97 Å². The highest BCUT2D eigenvalue weighted by Gasteiger charge is 2.12. The number of rotatable bonds is 8. The number of hydrogen-bond donors (Lipinski definition) is 1. The Morgan fingerprint density at radius 1 is 1.15 bits per heavy atom. The summed E-state index contributed by atoms with van der Waals surface area (Å²) in [6.45, 7) is 0.311. The van der Waals surface area contributed by atoms with Gasteiger partial charge in [0.1, 0.15) is 19.0 Å². The molecule has 0 amide bonds. The Bertz CT molecular complexity index is 865. The van der Waals surface area contributed by atoms with E-state index in [1.807, 2.05) is 30.3 Å². The van der Waals surface area contributed by atoms with E-state index in [1.165, 1.54) is 4.68 Å². The predicted octanol–water partition coefficient (Wildman–Crippen LogP) is 1.55. The molecule has 0 fully saturated rings. The highest BCUT2D eigenvalue weighted by Crippen LogP contribution is 2.14. The number of aliphatic hydroxyl groups excluding tert-OH is 1. The second-order valence-electron chi connectivity index (χ2n) is 5.97. The number of carbonyl (C=O) groups excluding carboxylic acids is 1. The first kappa shape index (κ1) is 18.5. The van der Waals surface area contributed by atoms with Gasteiger partial charge in [-0.2, -0.15) is 0 Å². The maximum Gasteiger partial charge on any atom is 0.338 e. The van der Waals surface area contributed by atoms with E-state index < -0.39 is 12.1 Å². The average Bonchev–Trinajstić information content (AvgIpc) is 3.10. The number of benzene rings is 2. The summed E-state index contributed by atoms with van der Waals surface area (Å²) in [5, 5.41) is 21.1. The predicted molar refractivity (Wildman–Crippen MR) is 96.0 cm³/mol. The number of nitrogens with zero attached hydrogens (tertiary/aromatic N) is 4. The number of esters is 1. The van der Waals surface area contributed by atoms with Crippen LogP contribution >= 0.6 is 0 Å². The summed E-state index contributed by atoms with van der Waals surface area (Å²) in [6.07, 6.45) is -0.460. The zero-order valence-corrected chi connectivity index (χ0v) is 14.9. The summed E-state index contributed by atoms with van der Waals surface area (Å²) in [6, 6.07) is 16.1. The second kappa shape index (κ2) is 8.91. The molecule has 0 radical (unpaired) electrons. The van der Waals surface area contributed by atoms with E-state index in [0.717, 1.165) is 5.56 Å². The van der Waals surface area contributed by atoms with Crippen LogP contribution in [0.4, 0.5) is 0 Å². The van der Waals surface area contributed by atoms with Crippen molar-refractivity contribution in [3.63, 3.8) is 0 Å². The molecule has 0 aliphatic rings. The van der Waals surface area contributed by atoms with Crippen molar-refractivity contribution in [1.82, 2.24) is 20.2 Å². The van der Waals surface area contributed by atoms with Gasteiger partial charge in [0.15, 0.2) is 5.82 Å². The smallest absolute Gasteiger partial charge is 0.338 e. The van der Waals surface area contributed by atoms with Crippen molar-refractivity contribution in [2.75, 3.05) is 6.61 Å². The molecule has 0 unspecified atom stereocenters. The molecule has 3 aromatic rings. The van der Waals surface area contributed by atoms with Crippen molar-refractivity contribution in [1.29, 1.82) is 0 Å². The Morgan fingerprint density at radius 2 is 1.89 bits per heavy atom. The normalized spacial score (nSPS) is 11.8. The van der Waals surface area contributed by atoms with E-state index in [9.17, 15) is 9.90 Å². The maximum absolute atomic E-state index is 12.1. The molecule has 0 bridgehead atoms. The van der Waals surface area contributed by atoms with Gasteiger partial charge in [-0.25, -0.2) is 9.48 Å². The molecule has 1 heterocycles. The first-order valence-corrected chi connectivity index (χ1v) is 8.45. The minimum absolute atomic E-state index is 0.0880. The van der Waals surface area contributed by atoms with Gasteiger partial charge in [-0.05, 0) is 40.3 Å². The molecule has 1 atom stereocenters. The second-order valence-corrected chi connectivity index (χ2v) is 5.97. The van der Waals surface area contributed by atoms with Crippen LogP contribution in [0.1, 0.15) is 21.7 Å². The number of aliphatic hydroxyl groups is 1. The standard InChI is InChI=1S/C19H20N4O4/c1-23-18(20-21-22-23)11-16(24)13-26-17-9-7-15(8-10-17)19(25)27-12-14-5-3-2-4-6-14/h2-10,16,24H,11-13H2,1H3/t16-/m1/s1. The molecular weight excluding hydrogens is 348 g/mol. The van der Waals surface area contributed by atoms with Crippen LogP contribution in [0.15, 0.2) is 54.6 Å². The van der Waals surface area contributed by atoms with Crippen molar-refractivity contribution >= 4 is 5.97 Å². The van der Waals surface area contributed by atoms with Crippen LogP contribution in [-0.4, -0.2) is 44.0 Å². The quantitative estimate of drug-likeness (QED) is 0.602. The monoisotopic (exact) mass is 368 g/mol. The van der Waals surface area contributed by atoms with Gasteiger partial charge in [0.2, 0.25) is 0 Å². The summed E-state index contributed by atoms with van der Waals surface area (Å²) in [5.41, 5.74) is 1.36. The molecule has 8 heteroatoms. The van der Waals surface area contributed by atoms with E-state index in [0.29, 0.717) is 17.1 Å². The minimum atomic E-state index is -0.745. The lowest BCUT2D eigenvalue weighted by Crippen LogP contribution is -2.22. The molecule has 0 spiro atoms. The molecule has 3 rings (SSSR count). The molecule has 140 valence electrons.